The molecule has 0 fully saturated rings. The molecule has 0 N–H and O–H groups in total. The van der Waals surface area contributed by atoms with Gasteiger partial charge in [0.2, 0.25) is 0 Å². The number of hydrogen-bond donors (Lipinski definition) is 0. The molecule has 270 valence electrons. The maximum absolute atomic E-state index is 5.36. The van der Waals surface area contributed by atoms with Gasteiger partial charge in [-0.1, -0.05) is 194 Å². The van der Waals surface area contributed by atoms with Crippen LogP contribution in [0.3, 0.4) is 0 Å². The van der Waals surface area contributed by atoms with Gasteiger partial charge in [-0.2, -0.15) is 0 Å². The lowest BCUT2D eigenvalue weighted by atomic mass is 9.89. The Hall–Kier alpha value is -7.75. The lowest BCUT2D eigenvalue weighted by molar-refractivity contribution is 1.18. The first kappa shape index (κ1) is 33.6. The first-order valence-electron chi connectivity index (χ1n) is 19.7. The van der Waals surface area contributed by atoms with E-state index in [4.69, 9.17) is 15.0 Å². The topological polar surface area (TPSA) is 38.7 Å². The third kappa shape index (κ3) is 5.89. The second kappa shape index (κ2) is 14.1. The molecule has 2 aromatic heterocycles. The van der Waals surface area contributed by atoms with Crippen LogP contribution in [0.1, 0.15) is 0 Å². The Kier molecular flexibility index (Phi) is 8.15. The van der Waals surface area contributed by atoms with Crippen molar-refractivity contribution in [2.75, 3.05) is 0 Å². The molecule has 0 saturated heterocycles. The van der Waals surface area contributed by atoms with E-state index in [-0.39, 0.29) is 0 Å². The number of rotatable bonds is 6. The molecule has 11 rings (SSSR count). The van der Waals surface area contributed by atoms with Crippen molar-refractivity contribution in [3.63, 3.8) is 0 Å². The van der Waals surface area contributed by atoms with Crippen LogP contribution in [0.5, 0.6) is 0 Å². The number of aromatic nitrogens is 3. The van der Waals surface area contributed by atoms with Gasteiger partial charge in [-0.3, -0.25) is 0 Å². The summed E-state index contributed by atoms with van der Waals surface area (Å²) in [6.07, 6.45) is 0. The van der Waals surface area contributed by atoms with Gasteiger partial charge in [0.25, 0.3) is 0 Å². The number of pyridine rings is 1. The molecule has 0 amide bonds. The Morgan fingerprint density at radius 3 is 1.36 bits per heavy atom. The maximum Gasteiger partial charge on any atom is 0.160 e. The third-order valence-electron chi connectivity index (χ3n) is 11.3. The van der Waals surface area contributed by atoms with Crippen LogP contribution in [0, 0.1) is 0 Å². The van der Waals surface area contributed by atoms with Crippen molar-refractivity contribution < 1.29 is 0 Å². The van der Waals surface area contributed by atoms with Crippen LogP contribution in [0.25, 0.3) is 111 Å². The molecule has 0 saturated carbocycles. The summed E-state index contributed by atoms with van der Waals surface area (Å²) in [6, 6.07) is 75.0. The molecule has 0 aliphatic heterocycles. The molecular weight excluding hydrogens is 703 g/mol. The van der Waals surface area contributed by atoms with Crippen LogP contribution in [0.15, 0.2) is 212 Å². The molecule has 58 heavy (non-hydrogen) atoms. The average Bonchev–Trinajstić information content (AvgIpc) is 3.32. The van der Waals surface area contributed by atoms with Crippen LogP contribution in [0.2, 0.25) is 0 Å². The summed E-state index contributed by atoms with van der Waals surface area (Å²) in [5.41, 5.74) is 12.5. The van der Waals surface area contributed by atoms with Crippen molar-refractivity contribution in [2.45, 2.75) is 0 Å². The van der Waals surface area contributed by atoms with Crippen LogP contribution in [-0.4, -0.2) is 15.0 Å². The van der Waals surface area contributed by atoms with Crippen molar-refractivity contribution in [2.24, 2.45) is 0 Å². The van der Waals surface area contributed by atoms with Crippen LogP contribution >= 0.6 is 0 Å². The zero-order valence-electron chi connectivity index (χ0n) is 31.5. The molecule has 0 unspecified atom stereocenters. The van der Waals surface area contributed by atoms with E-state index in [2.05, 4.69) is 200 Å². The normalized spacial score (nSPS) is 11.4. The van der Waals surface area contributed by atoms with Gasteiger partial charge < -0.3 is 0 Å². The van der Waals surface area contributed by atoms with Crippen molar-refractivity contribution in [1.29, 1.82) is 0 Å². The van der Waals surface area contributed by atoms with Gasteiger partial charge in [-0.05, 0) is 62.0 Å². The fourth-order valence-electron chi connectivity index (χ4n) is 8.44. The highest BCUT2D eigenvalue weighted by molar-refractivity contribution is 6.33. The molecule has 3 nitrogen and oxygen atoms in total. The first-order chi connectivity index (χ1) is 28.7. The fourth-order valence-corrected chi connectivity index (χ4v) is 8.44. The Morgan fingerprint density at radius 1 is 0.241 bits per heavy atom. The Labute approximate surface area is 336 Å². The Morgan fingerprint density at radius 2 is 0.690 bits per heavy atom. The van der Waals surface area contributed by atoms with E-state index in [1.165, 1.54) is 43.3 Å². The summed E-state index contributed by atoms with van der Waals surface area (Å²) in [7, 11) is 0. The van der Waals surface area contributed by atoms with Crippen molar-refractivity contribution in [1.82, 2.24) is 15.0 Å². The van der Waals surface area contributed by atoms with E-state index >= 15 is 0 Å². The second-order valence-electron chi connectivity index (χ2n) is 14.7. The maximum atomic E-state index is 5.36. The van der Waals surface area contributed by atoms with Gasteiger partial charge in [-0.15, -0.1) is 0 Å². The molecule has 0 bridgehead atoms. The highest BCUT2D eigenvalue weighted by Crippen LogP contribution is 2.43. The van der Waals surface area contributed by atoms with E-state index in [0.717, 1.165) is 61.5 Å². The third-order valence-corrected chi connectivity index (χ3v) is 11.3. The largest absolute Gasteiger partial charge is 0.247 e. The summed E-state index contributed by atoms with van der Waals surface area (Å²) in [6.45, 7) is 0. The number of para-hydroxylation sites is 1. The minimum atomic E-state index is 0.695. The van der Waals surface area contributed by atoms with Gasteiger partial charge in [-0.25, -0.2) is 15.0 Å². The number of benzene rings is 9. The molecule has 0 spiro atoms. The fraction of sp³-hybridized carbons (Fsp3) is 0. The van der Waals surface area contributed by atoms with Gasteiger partial charge in [0, 0.05) is 38.4 Å². The van der Waals surface area contributed by atoms with E-state index in [1.54, 1.807) is 0 Å². The molecular formula is C55H35N3. The minimum absolute atomic E-state index is 0.695. The molecule has 0 aliphatic carbocycles. The lowest BCUT2D eigenvalue weighted by Gasteiger charge is -2.16. The predicted octanol–water partition coefficient (Wildman–Crippen LogP) is 14.5. The summed E-state index contributed by atoms with van der Waals surface area (Å²) in [4.78, 5) is 15.6. The van der Waals surface area contributed by atoms with Crippen molar-refractivity contribution in [3.8, 4) is 67.4 Å². The van der Waals surface area contributed by atoms with E-state index in [0.29, 0.717) is 5.82 Å². The average molecular weight is 738 g/mol. The van der Waals surface area contributed by atoms with Crippen molar-refractivity contribution >= 4 is 43.2 Å². The monoisotopic (exact) mass is 737 g/mol. The smallest absolute Gasteiger partial charge is 0.160 e. The van der Waals surface area contributed by atoms with Crippen LogP contribution < -0.4 is 0 Å². The second-order valence-corrected chi connectivity index (χ2v) is 14.7. The molecule has 3 heteroatoms. The van der Waals surface area contributed by atoms with E-state index in [9.17, 15) is 0 Å². The summed E-state index contributed by atoms with van der Waals surface area (Å²) in [5, 5.41) is 8.57. The van der Waals surface area contributed by atoms with E-state index in [1.807, 2.05) is 12.1 Å². The van der Waals surface area contributed by atoms with Crippen LogP contribution in [-0.2, 0) is 0 Å². The standard InChI is InChI=1S/C55H35N3/c1-3-14-36(15-4-1)37-28-32-41(33-29-37)55-57-50(39-16-5-2-6-17-39)35-51(58-55)43-19-13-18-42(34-43)38-26-30-40(31-27-38)54-53-47-23-10-8-21-45(47)44-20-7-9-22-46(44)52(53)48-24-11-12-25-49(48)56-54/h1-35H. The molecule has 9 aromatic carbocycles. The Bertz CT molecular complexity index is 3300. The van der Waals surface area contributed by atoms with Crippen molar-refractivity contribution in [3.05, 3.63) is 212 Å². The van der Waals surface area contributed by atoms with Gasteiger partial charge >= 0.3 is 0 Å². The van der Waals surface area contributed by atoms with Gasteiger partial charge in [0.1, 0.15) is 0 Å². The highest BCUT2D eigenvalue weighted by atomic mass is 14.9. The zero-order valence-corrected chi connectivity index (χ0v) is 31.5. The molecule has 0 aliphatic rings. The summed E-state index contributed by atoms with van der Waals surface area (Å²) >= 11 is 0. The first-order valence-corrected chi connectivity index (χ1v) is 19.7. The molecule has 11 aromatic rings. The summed E-state index contributed by atoms with van der Waals surface area (Å²) in [5.74, 6) is 0.695. The predicted molar refractivity (Wildman–Crippen MR) is 242 cm³/mol. The quantitative estimate of drug-likeness (QED) is 0.160. The van der Waals surface area contributed by atoms with Crippen LogP contribution in [0.4, 0.5) is 0 Å². The minimum Gasteiger partial charge on any atom is -0.247 e. The number of hydrogen-bond acceptors (Lipinski definition) is 3. The zero-order chi connectivity index (χ0) is 38.4. The molecule has 0 radical (unpaired) electrons. The van der Waals surface area contributed by atoms with E-state index < -0.39 is 0 Å². The lowest BCUT2D eigenvalue weighted by Crippen LogP contribution is -1.96. The highest BCUT2D eigenvalue weighted by Gasteiger charge is 2.18. The van der Waals surface area contributed by atoms with Gasteiger partial charge in [0.15, 0.2) is 5.82 Å². The Balaban J connectivity index is 1.01. The van der Waals surface area contributed by atoms with Gasteiger partial charge in [0.05, 0.1) is 22.6 Å². The molecule has 0 atom stereocenters. The molecule has 2 heterocycles. The number of nitrogens with zero attached hydrogens (tertiary/aromatic N) is 3. The number of fused-ring (bicyclic) bond motifs is 8. The SMILES string of the molecule is c1ccc(-c2ccc(-c3nc(-c4ccccc4)cc(-c4cccc(-c5ccc(-c6nc7ccccc7c7c8ccccc8c8ccccc8c67)cc5)c4)n3)cc2)cc1. The summed E-state index contributed by atoms with van der Waals surface area (Å²) < 4.78 is 0.